The van der Waals surface area contributed by atoms with Crippen molar-refractivity contribution in [2.45, 2.75) is 52.2 Å². The topological polar surface area (TPSA) is 49.8 Å². The minimum absolute atomic E-state index is 0.0514. The molecular formula is C17H25NO3. The number of fused-ring (bicyclic) bond motifs is 1. The van der Waals surface area contributed by atoms with Gasteiger partial charge in [0.15, 0.2) is 0 Å². The van der Waals surface area contributed by atoms with Crippen LogP contribution >= 0.6 is 0 Å². The molecule has 0 saturated heterocycles. The lowest BCUT2D eigenvalue weighted by molar-refractivity contribution is 0.0248. The maximum Gasteiger partial charge on any atom is 0.410 e. The molecule has 0 spiro atoms. The number of nitrogens with zero attached hydrogens (tertiary/aromatic N) is 1. The lowest BCUT2D eigenvalue weighted by atomic mass is 9.93. The fourth-order valence-electron chi connectivity index (χ4n) is 2.70. The summed E-state index contributed by atoms with van der Waals surface area (Å²) in [5.74, 6) is 0.238. The van der Waals surface area contributed by atoms with E-state index in [-0.39, 0.29) is 18.6 Å². The molecule has 0 unspecified atom stereocenters. The van der Waals surface area contributed by atoms with Crippen LogP contribution in [0.5, 0.6) is 0 Å². The van der Waals surface area contributed by atoms with E-state index >= 15 is 0 Å². The number of carbonyl (C=O) groups is 1. The molecule has 1 aromatic rings. The van der Waals surface area contributed by atoms with Crippen LogP contribution in [0.15, 0.2) is 18.2 Å². The van der Waals surface area contributed by atoms with Crippen molar-refractivity contribution in [1.29, 1.82) is 0 Å². The molecule has 116 valence electrons. The predicted octanol–water partition coefficient (Wildman–Crippen LogP) is 3.08. The van der Waals surface area contributed by atoms with Crippen LogP contribution in [0, 0.1) is 0 Å². The van der Waals surface area contributed by atoms with E-state index in [1.165, 1.54) is 11.1 Å². The average Bonchev–Trinajstić information content (AvgIpc) is 2.56. The number of aliphatic hydroxyl groups is 1. The van der Waals surface area contributed by atoms with E-state index in [9.17, 15) is 9.90 Å². The Bertz CT molecular complexity index is 519. The van der Waals surface area contributed by atoms with Crippen LogP contribution in [-0.2, 0) is 17.8 Å². The van der Waals surface area contributed by atoms with Gasteiger partial charge in [0, 0.05) is 13.1 Å². The monoisotopic (exact) mass is 291 g/mol. The number of aliphatic hydroxyl groups excluding tert-OH is 1. The second-order valence-corrected chi connectivity index (χ2v) is 6.77. The molecule has 21 heavy (non-hydrogen) atoms. The minimum atomic E-state index is -0.469. The van der Waals surface area contributed by atoms with Crippen LogP contribution in [0.1, 0.15) is 50.3 Å². The summed E-state index contributed by atoms with van der Waals surface area (Å²) in [6.45, 7) is 9.14. The first-order valence-electron chi connectivity index (χ1n) is 7.50. The summed E-state index contributed by atoms with van der Waals surface area (Å²) in [4.78, 5) is 14.0. The van der Waals surface area contributed by atoms with Crippen molar-refractivity contribution >= 4 is 6.09 Å². The van der Waals surface area contributed by atoms with Crippen molar-refractivity contribution in [1.82, 2.24) is 4.90 Å². The number of rotatable bonds is 1. The van der Waals surface area contributed by atoms with Gasteiger partial charge in [-0.15, -0.1) is 0 Å². The summed E-state index contributed by atoms with van der Waals surface area (Å²) in [5, 5.41) is 9.28. The standard InChI is InChI=1S/C17H25NO3/c1-12-10-18(16(20)21-17(2,3)4)8-7-14-6-5-13(11-19)9-15(12)14/h5-6,9,12,19H,7-8,10-11H2,1-4H3/t12-/m1/s1. The molecular weight excluding hydrogens is 266 g/mol. The quantitative estimate of drug-likeness (QED) is 0.865. The molecule has 0 aliphatic carbocycles. The van der Waals surface area contributed by atoms with Gasteiger partial charge in [0.25, 0.3) is 0 Å². The van der Waals surface area contributed by atoms with E-state index < -0.39 is 5.60 Å². The van der Waals surface area contributed by atoms with Gasteiger partial charge in [-0.1, -0.05) is 25.1 Å². The summed E-state index contributed by atoms with van der Waals surface area (Å²) < 4.78 is 5.47. The van der Waals surface area contributed by atoms with Gasteiger partial charge in [-0.2, -0.15) is 0 Å². The molecule has 4 nitrogen and oxygen atoms in total. The smallest absolute Gasteiger partial charge is 0.410 e. The fraction of sp³-hybridized carbons (Fsp3) is 0.588. The maximum atomic E-state index is 12.2. The highest BCUT2D eigenvalue weighted by Gasteiger charge is 2.27. The molecule has 1 aromatic carbocycles. The Kier molecular flexibility index (Phi) is 4.57. The van der Waals surface area contributed by atoms with E-state index in [0.29, 0.717) is 13.1 Å². The molecule has 2 rings (SSSR count). The summed E-state index contributed by atoms with van der Waals surface area (Å²) >= 11 is 0. The van der Waals surface area contributed by atoms with Crippen LogP contribution in [-0.4, -0.2) is 34.8 Å². The Morgan fingerprint density at radius 2 is 2.14 bits per heavy atom. The second kappa shape index (κ2) is 6.06. The first-order chi connectivity index (χ1) is 9.80. The van der Waals surface area contributed by atoms with E-state index in [4.69, 9.17) is 4.74 Å². The molecule has 1 atom stereocenters. The van der Waals surface area contributed by atoms with Gasteiger partial charge in [0.2, 0.25) is 0 Å². The van der Waals surface area contributed by atoms with Gasteiger partial charge < -0.3 is 14.7 Å². The van der Waals surface area contributed by atoms with Gasteiger partial charge in [0.1, 0.15) is 5.60 Å². The van der Waals surface area contributed by atoms with Crippen molar-refractivity contribution in [2.75, 3.05) is 13.1 Å². The summed E-state index contributed by atoms with van der Waals surface area (Å²) in [7, 11) is 0. The summed E-state index contributed by atoms with van der Waals surface area (Å²) in [6, 6.07) is 6.07. The zero-order valence-corrected chi connectivity index (χ0v) is 13.3. The lowest BCUT2D eigenvalue weighted by Gasteiger charge is -2.27. The number of amides is 1. The molecule has 0 aromatic heterocycles. The first kappa shape index (κ1) is 15.8. The zero-order valence-electron chi connectivity index (χ0n) is 13.3. The van der Waals surface area contributed by atoms with Crippen LogP contribution in [0.25, 0.3) is 0 Å². The van der Waals surface area contributed by atoms with Gasteiger partial charge in [0.05, 0.1) is 6.61 Å². The Morgan fingerprint density at radius 1 is 1.43 bits per heavy atom. The van der Waals surface area contributed by atoms with Gasteiger partial charge in [-0.25, -0.2) is 4.79 Å². The highest BCUT2D eigenvalue weighted by Crippen LogP contribution is 2.27. The van der Waals surface area contributed by atoms with Crippen LogP contribution < -0.4 is 0 Å². The third-order valence-electron chi connectivity index (χ3n) is 3.72. The van der Waals surface area contributed by atoms with Crippen molar-refractivity contribution in [3.05, 3.63) is 34.9 Å². The fourth-order valence-corrected chi connectivity index (χ4v) is 2.70. The van der Waals surface area contributed by atoms with Crippen LogP contribution in [0.3, 0.4) is 0 Å². The lowest BCUT2D eigenvalue weighted by Crippen LogP contribution is -2.38. The minimum Gasteiger partial charge on any atom is -0.444 e. The van der Waals surface area contributed by atoms with E-state index in [0.717, 1.165) is 12.0 Å². The summed E-state index contributed by atoms with van der Waals surface area (Å²) in [5.41, 5.74) is 2.94. The van der Waals surface area contributed by atoms with E-state index in [2.05, 4.69) is 19.1 Å². The first-order valence-corrected chi connectivity index (χ1v) is 7.50. The van der Waals surface area contributed by atoms with Crippen molar-refractivity contribution in [2.24, 2.45) is 0 Å². The molecule has 0 bridgehead atoms. The Labute approximate surface area is 126 Å². The van der Waals surface area contributed by atoms with Crippen molar-refractivity contribution in [3.8, 4) is 0 Å². The number of ether oxygens (including phenoxy) is 1. The van der Waals surface area contributed by atoms with Crippen LogP contribution in [0.4, 0.5) is 4.79 Å². The predicted molar refractivity (Wildman–Crippen MR) is 82.3 cm³/mol. The third-order valence-corrected chi connectivity index (χ3v) is 3.72. The largest absolute Gasteiger partial charge is 0.444 e. The number of hydrogen-bond donors (Lipinski definition) is 1. The zero-order chi connectivity index (χ0) is 15.6. The average molecular weight is 291 g/mol. The molecule has 4 heteroatoms. The van der Waals surface area contributed by atoms with Crippen molar-refractivity contribution in [3.63, 3.8) is 0 Å². The molecule has 1 amide bonds. The number of benzene rings is 1. The molecule has 1 heterocycles. The Morgan fingerprint density at radius 3 is 2.76 bits per heavy atom. The molecule has 1 N–H and O–H groups in total. The molecule has 1 aliphatic rings. The Hall–Kier alpha value is -1.55. The molecule has 0 radical (unpaired) electrons. The van der Waals surface area contributed by atoms with Crippen molar-refractivity contribution < 1.29 is 14.6 Å². The maximum absolute atomic E-state index is 12.2. The van der Waals surface area contributed by atoms with Crippen LogP contribution in [0.2, 0.25) is 0 Å². The number of carbonyl (C=O) groups excluding carboxylic acids is 1. The van der Waals surface area contributed by atoms with E-state index in [1.807, 2.05) is 26.8 Å². The third kappa shape index (κ3) is 3.97. The number of hydrogen-bond acceptors (Lipinski definition) is 3. The molecule has 0 fully saturated rings. The summed E-state index contributed by atoms with van der Waals surface area (Å²) in [6.07, 6.45) is 0.578. The highest BCUT2D eigenvalue weighted by molar-refractivity contribution is 5.68. The second-order valence-electron chi connectivity index (χ2n) is 6.77. The highest BCUT2D eigenvalue weighted by atomic mass is 16.6. The molecule has 0 saturated carbocycles. The normalized spacial score (nSPS) is 18.9. The van der Waals surface area contributed by atoms with E-state index in [1.54, 1.807) is 4.90 Å². The van der Waals surface area contributed by atoms with Gasteiger partial charge in [-0.3, -0.25) is 0 Å². The van der Waals surface area contributed by atoms with Gasteiger partial charge in [-0.05, 0) is 49.8 Å². The molecule has 1 aliphatic heterocycles. The Balaban J connectivity index is 2.16. The van der Waals surface area contributed by atoms with Gasteiger partial charge >= 0.3 is 6.09 Å². The SMILES string of the molecule is C[C@@H]1CN(C(=O)OC(C)(C)C)CCc2ccc(CO)cc21.